The van der Waals surface area contributed by atoms with Crippen LogP contribution in [0, 0.1) is 17.0 Å². The summed E-state index contributed by atoms with van der Waals surface area (Å²) in [5.41, 5.74) is 0.916. The third-order valence-corrected chi connectivity index (χ3v) is 3.23. The minimum atomic E-state index is -0.731. The smallest absolute Gasteiger partial charge is 0.340 e. The van der Waals surface area contributed by atoms with Gasteiger partial charge in [-0.1, -0.05) is 17.7 Å². The highest BCUT2D eigenvalue weighted by Gasteiger charge is 2.14. The lowest BCUT2D eigenvalue weighted by molar-refractivity contribution is -0.384. The summed E-state index contributed by atoms with van der Waals surface area (Å²) in [5, 5.41) is 13.4. The average molecular weight is 350 g/mol. The second-order valence-corrected chi connectivity index (χ2v) is 5.14. The molecule has 9 heteroatoms. The largest absolute Gasteiger partial charge is 0.452 e. The van der Waals surface area contributed by atoms with Crippen LogP contribution in [-0.2, 0) is 9.53 Å². The van der Waals surface area contributed by atoms with Crippen LogP contribution in [0.3, 0.4) is 0 Å². The summed E-state index contributed by atoms with van der Waals surface area (Å²) in [6, 6.07) is 6.92. The number of anilines is 1. The first kappa shape index (κ1) is 17.4. The summed E-state index contributed by atoms with van der Waals surface area (Å²) in [4.78, 5) is 37.5. The van der Waals surface area contributed by atoms with Gasteiger partial charge in [-0.2, -0.15) is 0 Å². The Kier molecular flexibility index (Phi) is 5.43. The zero-order chi connectivity index (χ0) is 17.7. The van der Waals surface area contributed by atoms with E-state index >= 15 is 0 Å². The quantitative estimate of drug-likeness (QED) is 0.384. The first-order valence-corrected chi connectivity index (χ1v) is 7.08. The second kappa shape index (κ2) is 7.51. The van der Waals surface area contributed by atoms with Gasteiger partial charge < -0.3 is 10.1 Å². The van der Waals surface area contributed by atoms with Gasteiger partial charge >= 0.3 is 5.97 Å². The Morgan fingerprint density at radius 3 is 2.71 bits per heavy atom. The Balaban J connectivity index is 1.96. The molecule has 1 aromatic carbocycles. The molecule has 0 aliphatic carbocycles. The monoisotopic (exact) mass is 349 g/mol. The number of ether oxygens (including phenoxy) is 1. The van der Waals surface area contributed by atoms with Crippen molar-refractivity contribution in [3.05, 3.63) is 62.9 Å². The van der Waals surface area contributed by atoms with Gasteiger partial charge in [0.1, 0.15) is 5.15 Å². The number of benzene rings is 1. The summed E-state index contributed by atoms with van der Waals surface area (Å²) in [5.74, 6) is -1.35. The number of pyridine rings is 1. The van der Waals surface area contributed by atoms with Gasteiger partial charge in [-0.25, -0.2) is 9.78 Å². The van der Waals surface area contributed by atoms with Crippen LogP contribution in [0.1, 0.15) is 15.9 Å². The van der Waals surface area contributed by atoms with E-state index in [0.717, 1.165) is 0 Å². The van der Waals surface area contributed by atoms with Crippen molar-refractivity contribution in [3.63, 3.8) is 0 Å². The molecule has 1 amide bonds. The normalized spacial score (nSPS) is 10.1. The van der Waals surface area contributed by atoms with Gasteiger partial charge in [-0.05, 0) is 24.6 Å². The molecule has 0 saturated heterocycles. The fourth-order valence-electron chi connectivity index (χ4n) is 1.76. The number of rotatable bonds is 5. The molecule has 8 nitrogen and oxygen atoms in total. The molecule has 0 saturated carbocycles. The van der Waals surface area contributed by atoms with Crippen LogP contribution < -0.4 is 5.32 Å². The highest BCUT2D eigenvalue weighted by atomic mass is 35.5. The molecule has 0 radical (unpaired) electrons. The number of non-ortho nitro benzene ring substituents is 1. The van der Waals surface area contributed by atoms with E-state index < -0.39 is 23.4 Å². The van der Waals surface area contributed by atoms with E-state index in [2.05, 4.69) is 10.3 Å². The van der Waals surface area contributed by atoms with E-state index in [4.69, 9.17) is 16.3 Å². The SMILES string of the molecule is Cc1ccc([N+](=O)[O-])cc1NC(=O)COC(=O)c1ccc(Cl)nc1. The van der Waals surface area contributed by atoms with E-state index in [1.54, 1.807) is 6.92 Å². The molecule has 0 aliphatic rings. The van der Waals surface area contributed by atoms with Gasteiger partial charge in [-0.15, -0.1) is 0 Å². The lowest BCUT2D eigenvalue weighted by atomic mass is 10.2. The highest BCUT2D eigenvalue weighted by molar-refractivity contribution is 6.29. The van der Waals surface area contributed by atoms with E-state index in [1.165, 1.54) is 36.5 Å². The van der Waals surface area contributed by atoms with E-state index in [-0.39, 0.29) is 22.1 Å². The molecular formula is C15H12ClN3O5. The lowest BCUT2D eigenvalue weighted by Gasteiger charge is -2.09. The van der Waals surface area contributed by atoms with Gasteiger partial charge in [0.25, 0.3) is 11.6 Å². The zero-order valence-corrected chi connectivity index (χ0v) is 13.2. The van der Waals surface area contributed by atoms with Crippen molar-refractivity contribution in [2.24, 2.45) is 0 Å². The second-order valence-electron chi connectivity index (χ2n) is 4.75. The van der Waals surface area contributed by atoms with Crippen LogP contribution in [0.5, 0.6) is 0 Å². The molecule has 1 aromatic heterocycles. The number of carbonyl (C=O) groups is 2. The van der Waals surface area contributed by atoms with E-state index in [0.29, 0.717) is 5.56 Å². The molecule has 1 heterocycles. The summed E-state index contributed by atoms with van der Waals surface area (Å²) < 4.78 is 4.85. The number of nitrogens with one attached hydrogen (secondary N) is 1. The van der Waals surface area contributed by atoms with Crippen LogP contribution in [0.2, 0.25) is 5.15 Å². The first-order chi connectivity index (χ1) is 11.4. The Morgan fingerprint density at radius 1 is 1.33 bits per heavy atom. The molecule has 24 heavy (non-hydrogen) atoms. The summed E-state index contributed by atoms with van der Waals surface area (Å²) in [6.45, 7) is 1.15. The molecule has 124 valence electrons. The molecule has 0 aliphatic heterocycles. The van der Waals surface area contributed by atoms with Crippen molar-refractivity contribution < 1.29 is 19.2 Å². The maximum absolute atomic E-state index is 11.8. The molecule has 0 bridgehead atoms. The van der Waals surface area contributed by atoms with Crippen molar-refractivity contribution >= 4 is 34.9 Å². The van der Waals surface area contributed by atoms with Gasteiger partial charge in [0.15, 0.2) is 6.61 Å². The van der Waals surface area contributed by atoms with Crippen molar-refractivity contribution in [1.29, 1.82) is 0 Å². The van der Waals surface area contributed by atoms with Crippen molar-refractivity contribution in [2.45, 2.75) is 6.92 Å². The predicted molar refractivity (Wildman–Crippen MR) is 86.0 cm³/mol. The standard InChI is InChI=1S/C15H12ClN3O5/c1-9-2-4-11(19(22)23)6-12(9)18-14(20)8-24-15(21)10-3-5-13(16)17-7-10/h2-7H,8H2,1H3,(H,18,20). The van der Waals surface area contributed by atoms with Crippen LogP contribution in [0.4, 0.5) is 11.4 Å². The summed E-state index contributed by atoms with van der Waals surface area (Å²) in [7, 11) is 0. The maximum atomic E-state index is 11.8. The average Bonchev–Trinajstić information content (AvgIpc) is 2.55. The molecule has 0 spiro atoms. The number of halogens is 1. The molecule has 2 aromatic rings. The number of hydrogen-bond donors (Lipinski definition) is 1. The number of nitro groups is 1. The van der Waals surface area contributed by atoms with Crippen LogP contribution in [0.25, 0.3) is 0 Å². The van der Waals surface area contributed by atoms with Crippen molar-refractivity contribution in [1.82, 2.24) is 4.98 Å². The van der Waals surface area contributed by atoms with Gasteiger partial charge in [-0.3, -0.25) is 14.9 Å². The van der Waals surface area contributed by atoms with Crippen LogP contribution >= 0.6 is 11.6 Å². The van der Waals surface area contributed by atoms with Gasteiger partial charge in [0, 0.05) is 18.3 Å². The molecule has 2 rings (SSSR count). The van der Waals surface area contributed by atoms with Crippen LogP contribution in [0.15, 0.2) is 36.5 Å². The molecule has 0 unspecified atom stereocenters. The number of nitro benzene ring substituents is 1. The maximum Gasteiger partial charge on any atom is 0.340 e. The van der Waals surface area contributed by atoms with Gasteiger partial charge in [0.05, 0.1) is 16.2 Å². The number of amides is 1. The summed E-state index contributed by atoms with van der Waals surface area (Å²) >= 11 is 5.61. The zero-order valence-electron chi connectivity index (χ0n) is 12.5. The fourth-order valence-corrected chi connectivity index (χ4v) is 1.87. The Labute approximate surface area is 141 Å². The highest BCUT2D eigenvalue weighted by Crippen LogP contribution is 2.21. The minimum absolute atomic E-state index is 0.152. The third kappa shape index (κ3) is 4.50. The van der Waals surface area contributed by atoms with Crippen LogP contribution in [-0.4, -0.2) is 28.4 Å². The lowest BCUT2D eigenvalue weighted by Crippen LogP contribution is -2.21. The Morgan fingerprint density at radius 2 is 2.08 bits per heavy atom. The fraction of sp³-hybridized carbons (Fsp3) is 0.133. The number of nitrogens with zero attached hydrogens (tertiary/aromatic N) is 2. The van der Waals surface area contributed by atoms with E-state index in [9.17, 15) is 19.7 Å². The number of aromatic nitrogens is 1. The Hall–Kier alpha value is -3.00. The summed E-state index contributed by atoms with van der Waals surface area (Å²) in [6.07, 6.45) is 1.23. The first-order valence-electron chi connectivity index (χ1n) is 6.70. The molecule has 0 atom stereocenters. The molecule has 1 N–H and O–H groups in total. The number of esters is 1. The third-order valence-electron chi connectivity index (χ3n) is 3.00. The molecule has 0 fully saturated rings. The number of carbonyl (C=O) groups excluding carboxylic acids is 2. The minimum Gasteiger partial charge on any atom is -0.452 e. The predicted octanol–water partition coefficient (Wildman–Crippen LogP) is 2.75. The van der Waals surface area contributed by atoms with Crippen molar-refractivity contribution in [2.75, 3.05) is 11.9 Å². The number of hydrogen-bond acceptors (Lipinski definition) is 6. The van der Waals surface area contributed by atoms with Gasteiger partial charge in [0.2, 0.25) is 0 Å². The molecular weight excluding hydrogens is 338 g/mol. The number of aryl methyl sites for hydroxylation is 1. The Bertz CT molecular complexity index is 792. The topological polar surface area (TPSA) is 111 Å². The van der Waals surface area contributed by atoms with E-state index in [1.807, 2.05) is 0 Å². The van der Waals surface area contributed by atoms with Crippen molar-refractivity contribution in [3.8, 4) is 0 Å².